The summed E-state index contributed by atoms with van der Waals surface area (Å²) in [6, 6.07) is 26.0. The summed E-state index contributed by atoms with van der Waals surface area (Å²) in [4.78, 5) is 27.1. The van der Waals surface area contributed by atoms with Crippen molar-refractivity contribution in [1.82, 2.24) is 4.90 Å². The first-order valence-electron chi connectivity index (χ1n) is 10.9. The number of ether oxygens (including phenoxy) is 1. The predicted molar refractivity (Wildman–Crippen MR) is 125 cm³/mol. The average Bonchev–Trinajstić information content (AvgIpc) is 2.80. The molecule has 3 aromatic rings. The molecule has 32 heavy (non-hydrogen) atoms. The number of rotatable bonds is 6. The van der Waals surface area contributed by atoms with E-state index in [1.165, 1.54) is 5.56 Å². The normalized spacial score (nSPS) is 18.3. The van der Waals surface area contributed by atoms with E-state index in [4.69, 9.17) is 10.5 Å². The molecule has 164 valence electrons. The van der Waals surface area contributed by atoms with Crippen LogP contribution in [0.3, 0.4) is 0 Å². The van der Waals surface area contributed by atoms with E-state index in [2.05, 4.69) is 25.1 Å². The highest BCUT2D eigenvalue weighted by molar-refractivity contribution is 5.86. The van der Waals surface area contributed by atoms with E-state index in [1.807, 2.05) is 60.7 Å². The largest absolute Gasteiger partial charge is 0.367 e. The monoisotopic (exact) mass is 428 g/mol. The Morgan fingerprint density at radius 1 is 0.938 bits per heavy atom. The second kappa shape index (κ2) is 9.37. The zero-order valence-electron chi connectivity index (χ0n) is 18.3. The predicted octanol–water partition coefficient (Wildman–Crippen LogP) is 3.53. The Bertz CT molecular complexity index is 1100. The highest BCUT2D eigenvalue weighted by Crippen LogP contribution is 2.26. The third-order valence-electron chi connectivity index (χ3n) is 5.98. The molecule has 0 aliphatic carbocycles. The number of carbonyl (C=O) groups is 2. The van der Waals surface area contributed by atoms with Crippen molar-refractivity contribution in [2.24, 2.45) is 5.73 Å². The van der Waals surface area contributed by atoms with Crippen LogP contribution >= 0.6 is 0 Å². The van der Waals surface area contributed by atoms with Crippen molar-refractivity contribution in [2.75, 3.05) is 19.7 Å². The summed E-state index contributed by atoms with van der Waals surface area (Å²) in [6.07, 6.45) is 0.617. The molecule has 0 unspecified atom stereocenters. The number of hydrogen-bond donors (Lipinski definition) is 1. The van der Waals surface area contributed by atoms with E-state index in [9.17, 15) is 9.59 Å². The van der Waals surface area contributed by atoms with Gasteiger partial charge < -0.3 is 15.4 Å². The van der Waals surface area contributed by atoms with Gasteiger partial charge in [0.05, 0.1) is 19.6 Å². The lowest BCUT2D eigenvalue weighted by Crippen LogP contribution is -2.61. The fourth-order valence-corrected chi connectivity index (χ4v) is 4.19. The molecule has 1 atom stereocenters. The molecule has 0 saturated carbocycles. The zero-order chi connectivity index (χ0) is 22.6. The third-order valence-corrected chi connectivity index (χ3v) is 5.98. The molecule has 5 nitrogen and oxygen atoms in total. The van der Waals surface area contributed by atoms with E-state index in [-0.39, 0.29) is 19.1 Å². The molecule has 1 aliphatic heterocycles. The standard InChI is InChI=1S/C27H28N2O3/c1-20-6-5-9-24(16-20)23-12-10-22(11-13-23)18-27(26(28)31)19-29(14-15-32-27)25(30)17-21-7-3-2-4-8-21/h2-13,16H,14-15,17-19H2,1H3,(H2,28,31)/t27-/m0/s1. The van der Waals surface area contributed by atoms with E-state index in [1.54, 1.807) is 4.90 Å². The molecule has 3 aromatic carbocycles. The summed E-state index contributed by atoms with van der Waals surface area (Å²) < 4.78 is 5.92. The van der Waals surface area contributed by atoms with Crippen LogP contribution in [-0.2, 0) is 27.2 Å². The van der Waals surface area contributed by atoms with Gasteiger partial charge >= 0.3 is 0 Å². The fourth-order valence-electron chi connectivity index (χ4n) is 4.19. The number of aryl methyl sites for hydroxylation is 1. The molecule has 5 heteroatoms. The Kier molecular flexibility index (Phi) is 6.37. The van der Waals surface area contributed by atoms with Crippen LogP contribution in [0.25, 0.3) is 11.1 Å². The van der Waals surface area contributed by atoms with Gasteiger partial charge in [0.25, 0.3) is 5.91 Å². The van der Waals surface area contributed by atoms with Gasteiger partial charge in [0, 0.05) is 13.0 Å². The summed E-state index contributed by atoms with van der Waals surface area (Å²) in [5, 5.41) is 0. The lowest BCUT2D eigenvalue weighted by Gasteiger charge is -2.41. The van der Waals surface area contributed by atoms with Crippen LogP contribution in [0.1, 0.15) is 16.7 Å². The summed E-state index contributed by atoms with van der Waals surface area (Å²) in [7, 11) is 0. The molecule has 2 amide bonds. The van der Waals surface area contributed by atoms with E-state index in [0.29, 0.717) is 19.4 Å². The molecule has 0 aromatic heterocycles. The Labute approximate surface area is 188 Å². The number of morpholine rings is 1. The van der Waals surface area contributed by atoms with Crippen molar-refractivity contribution in [3.8, 4) is 11.1 Å². The van der Waals surface area contributed by atoms with Crippen LogP contribution in [0.15, 0.2) is 78.9 Å². The molecule has 1 saturated heterocycles. The van der Waals surface area contributed by atoms with Gasteiger partial charge in [0.15, 0.2) is 5.60 Å². The van der Waals surface area contributed by atoms with Gasteiger partial charge in [-0.1, -0.05) is 84.4 Å². The van der Waals surface area contributed by atoms with Crippen LogP contribution in [0.2, 0.25) is 0 Å². The molecule has 1 heterocycles. The van der Waals surface area contributed by atoms with E-state index in [0.717, 1.165) is 22.3 Å². The van der Waals surface area contributed by atoms with Crippen LogP contribution in [0.4, 0.5) is 0 Å². The van der Waals surface area contributed by atoms with Crippen LogP contribution in [0, 0.1) is 6.92 Å². The van der Waals surface area contributed by atoms with Gasteiger partial charge in [-0.05, 0) is 29.2 Å². The molecule has 1 fully saturated rings. The second-order valence-corrected chi connectivity index (χ2v) is 8.43. The lowest BCUT2D eigenvalue weighted by atomic mass is 9.90. The summed E-state index contributed by atoms with van der Waals surface area (Å²) in [6.45, 7) is 2.96. The van der Waals surface area contributed by atoms with Crippen LogP contribution in [-0.4, -0.2) is 42.0 Å². The first-order valence-corrected chi connectivity index (χ1v) is 10.9. The topological polar surface area (TPSA) is 72.6 Å². The SMILES string of the molecule is Cc1cccc(-c2ccc(C[C@@]3(C(N)=O)CN(C(=O)Cc4ccccc4)CCO3)cc2)c1. The Balaban J connectivity index is 1.49. The Morgan fingerprint density at radius 2 is 1.69 bits per heavy atom. The molecule has 0 radical (unpaired) electrons. The summed E-state index contributed by atoms with van der Waals surface area (Å²) in [5.41, 5.74) is 9.92. The minimum atomic E-state index is -1.23. The maximum atomic E-state index is 12.9. The van der Waals surface area contributed by atoms with Crippen molar-refractivity contribution >= 4 is 11.8 Å². The smallest absolute Gasteiger partial charge is 0.251 e. The average molecular weight is 429 g/mol. The number of nitrogens with two attached hydrogens (primary N) is 1. The highest BCUT2D eigenvalue weighted by atomic mass is 16.5. The number of carbonyl (C=O) groups excluding carboxylic acids is 2. The zero-order valence-corrected chi connectivity index (χ0v) is 18.3. The van der Waals surface area contributed by atoms with Gasteiger partial charge in [-0.3, -0.25) is 9.59 Å². The molecular formula is C27H28N2O3. The maximum Gasteiger partial charge on any atom is 0.251 e. The van der Waals surface area contributed by atoms with E-state index >= 15 is 0 Å². The van der Waals surface area contributed by atoms with Gasteiger partial charge in [0.2, 0.25) is 5.91 Å². The third kappa shape index (κ3) is 4.89. The second-order valence-electron chi connectivity index (χ2n) is 8.43. The Hall–Kier alpha value is -3.44. The summed E-state index contributed by atoms with van der Waals surface area (Å²) in [5.74, 6) is -0.572. The molecule has 4 rings (SSSR count). The lowest BCUT2D eigenvalue weighted by molar-refractivity contribution is -0.163. The van der Waals surface area contributed by atoms with Gasteiger partial charge in [-0.15, -0.1) is 0 Å². The van der Waals surface area contributed by atoms with Crippen molar-refractivity contribution in [3.05, 3.63) is 95.6 Å². The van der Waals surface area contributed by atoms with Crippen LogP contribution < -0.4 is 5.73 Å². The van der Waals surface area contributed by atoms with Crippen molar-refractivity contribution in [3.63, 3.8) is 0 Å². The minimum absolute atomic E-state index is 0.0279. The molecule has 0 bridgehead atoms. The van der Waals surface area contributed by atoms with E-state index < -0.39 is 11.5 Å². The van der Waals surface area contributed by atoms with Crippen molar-refractivity contribution < 1.29 is 14.3 Å². The highest BCUT2D eigenvalue weighted by Gasteiger charge is 2.43. The van der Waals surface area contributed by atoms with Crippen molar-refractivity contribution in [2.45, 2.75) is 25.4 Å². The molecule has 2 N–H and O–H groups in total. The molecule has 1 aliphatic rings. The van der Waals surface area contributed by atoms with Crippen LogP contribution in [0.5, 0.6) is 0 Å². The number of amides is 2. The fraction of sp³-hybridized carbons (Fsp3) is 0.259. The first kappa shape index (κ1) is 21.8. The maximum absolute atomic E-state index is 12.9. The summed E-state index contributed by atoms with van der Waals surface area (Å²) >= 11 is 0. The number of primary amides is 1. The molecule has 0 spiro atoms. The minimum Gasteiger partial charge on any atom is -0.367 e. The number of benzene rings is 3. The number of nitrogens with zero attached hydrogens (tertiary/aromatic N) is 1. The Morgan fingerprint density at radius 3 is 2.38 bits per heavy atom. The molecular weight excluding hydrogens is 400 g/mol. The number of hydrogen-bond acceptors (Lipinski definition) is 3. The van der Waals surface area contributed by atoms with Crippen molar-refractivity contribution in [1.29, 1.82) is 0 Å². The first-order chi connectivity index (χ1) is 15.4. The van der Waals surface area contributed by atoms with Gasteiger partial charge in [-0.2, -0.15) is 0 Å². The van der Waals surface area contributed by atoms with Gasteiger partial charge in [-0.25, -0.2) is 0 Å². The quantitative estimate of drug-likeness (QED) is 0.653. The van der Waals surface area contributed by atoms with Gasteiger partial charge in [0.1, 0.15) is 0 Å².